The Labute approximate surface area is 156 Å². The van der Waals surface area contributed by atoms with E-state index in [1.807, 2.05) is 12.1 Å². The maximum Gasteiger partial charge on any atom is 0.163 e. The molecule has 0 aliphatic carbocycles. The number of unbranched alkanes of at least 4 members (excludes halogenated alkanes) is 2. The summed E-state index contributed by atoms with van der Waals surface area (Å²) in [5, 5.41) is 4.13. The Balaban J connectivity index is 1.98. The molecule has 2 rings (SSSR count). The molecule has 0 radical (unpaired) electrons. The summed E-state index contributed by atoms with van der Waals surface area (Å²) in [7, 11) is 1.65. The molecule has 0 aromatic heterocycles. The van der Waals surface area contributed by atoms with Gasteiger partial charge in [-0.2, -0.15) is 0 Å². The molecular formula is C21H28ClNO2. The number of nitrogens with one attached hydrogen (secondary N) is 1. The Morgan fingerprint density at radius 1 is 1.04 bits per heavy atom. The fourth-order valence-electron chi connectivity index (χ4n) is 2.55. The van der Waals surface area contributed by atoms with Gasteiger partial charge in [0.15, 0.2) is 11.5 Å². The highest BCUT2D eigenvalue weighted by molar-refractivity contribution is 6.31. The van der Waals surface area contributed by atoms with Crippen LogP contribution >= 0.6 is 11.6 Å². The van der Waals surface area contributed by atoms with Gasteiger partial charge in [-0.15, -0.1) is 0 Å². The SMILES string of the molecule is CCCCCNCc1cc(OC)c(OCc2ccc(C)cc2)cc1Cl. The molecule has 3 nitrogen and oxygen atoms in total. The highest BCUT2D eigenvalue weighted by Crippen LogP contribution is 2.34. The van der Waals surface area contributed by atoms with E-state index in [1.54, 1.807) is 7.11 Å². The molecular weight excluding hydrogens is 334 g/mol. The van der Waals surface area contributed by atoms with E-state index in [9.17, 15) is 0 Å². The lowest BCUT2D eigenvalue weighted by molar-refractivity contribution is 0.284. The van der Waals surface area contributed by atoms with Gasteiger partial charge in [-0.05, 0) is 37.1 Å². The smallest absolute Gasteiger partial charge is 0.163 e. The Morgan fingerprint density at radius 3 is 2.48 bits per heavy atom. The van der Waals surface area contributed by atoms with Gasteiger partial charge < -0.3 is 14.8 Å². The first-order chi connectivity index (χ1) is 12.1. The number of aryl methyl sites for hydroxylation is 1. The molecule has 0 fully saturated rings. The summed E-state index contributed by atoms with van der Waals surface area (Å²) in [6.07, 6.45) is 3.65. The lowest BCUT2D eigenvalue weighted by Crippen LogP contribution is -2.15. The average molecular weight is 362 g/mol. The molecule has 0 amide bonds. The maximum absolute atomic E-state index is 6.43. The van der Waals surface area contributed by atoms with Gasteiger partial charge in [-0.1, -0.05) is 61.2 Å². The third-order valence-electron chi connectivity index (χ3n) is 4.12. The van der Waals surface area contributed by atoms with Crippen molar-refractivity contribution in [1.82, 2.24) is 5.32 Å². The first-order valence-corrected chi connectivity index (χ1v) is 9.27. The van der Waals surface area contributed by atoms with Crippen molar-refractivity contribution in [1.29, 1.82) is 0 Å². The molecule has 0 saturated heterocycles. The molecule has 4 heteroatoms. The van der Waals surface area contributed by atoms with Crippen molar-refractivity contribution in [2.75, 3.05) is 13.7 Å². The fraction of sp³-hybridized carbons (Fsp3) is 0.429. The Bertz CT molecular complexity index is 656. The van der Waals surface area contributed by atoms with Crippen molar-refractivity contribution < 1.29 is 9.47 Å². The number of ether oxygens (including phenoxy) is 2. The molecule has 136 valence electrons. The predicted molar refractivity (Wildman–Crippen MR) is 105 cm³/mol. The third kappa shape index (κ3) is 6.26. The van der Waals surface area contributed by atoms with Crippen molar-refractivity contribution in [3.05, 3.63) is 58.1 Å². The summed E-state index contributed by atoms with van der Waals surface area (Å²) < 4.78 is 11.4. The second kappa shape index (κ2) is 10.3. The van der Waals surface area contributed by atoms with E-state index >= 15 is 0 Å². The molecule has 0 atom stereocenters. The summed E-state index contributed by atoms with van der Waals surface area (Å²) in [6, 6.07) is 12.1. The monoisotopic (exact) mass is 361 g/mol. The van der Waals surface area contributed by atoms with Gasteiger partial charge in [-0.3, -0.25) is 0 Å². The van der Waals surface area contributed by atoms with Crippen LogP contribution in [0, 0.1) is 6.92 Å². The van der Waals surface area contributed by atoms with Crippen molar-refractivity contribution in [3.63, 3.8) is 0 Å². The average Bonchev–Trinajstić information content (AvgIpc) is 2.62. The zero-order valence-electron chi connectivity index (χ0n) is 15.4. The molecule has 25 heavy (non-hydrogen) atoms. The van der Waals surface area contributed by atoms with Crippen LogP contribution in [0.5, 0.6) is 11.5 Å². The van der Waals surface area contributed by atoms with Crippen molar-refractivity contribution in [2.45, 2.75) is 46.3 Å². The highest BCUT2D eigenvalue weighted by Gasteiger charge is 2.11. The largest absolute Gasteiger partial charge is 0.493 e. The number of methoxy groups -OCH3 is 1. The summed E-state index contributed by atoms with van der Waals surface area (Å²) in [4.78, 5) is 0. The first kappa shape index (κ1) is 19.6. The normalized spacial score (nSPS) is 10.7. The van der Waals surface area contributed by atoms with Crippen LogP contribution in [0.3, 0.4) is 0 Å². The van der Waals surface area contributed by atoms with E-state index in [-0.39, 0.29) is 0 Å². The molecule has 2 aromatic rings. The van der Waals surface area contributed by atoms with E-state index in [1.165, 1.54) is 24.8 Å². The molecule has 0 spiro atoms. The van der Waals surface area contributed by atoms with Crippen LogP contribution < -0.4 is 14.8 Å². The van der Waals surface area contributed by atoms with Gasteiger partial charge in [0.05, 0.1) is 7.11 Å². The Morgan fingerprint density at radius 2 is 1.80 bits per heavy atom. The third-order valence-corrected chi connectivity index (χ3v) is 4.47. The minimum absolute atomic E-state index is 0.488. The van der Waals surface area contributed by atoms with Gasteiger partial charge in [0.25, 0.3) is 0 Å². The topological polar surface area (TPSA) is 30.5 Å². The lowest BCUT2D eigenvalue weighted by atomic mass is 10.1. The summed E-state index contributed by atoms with van der Waals surface area (Å²) in [5.74, 6) is 1.38. The molecule has 0 aliphatic rings. The number of benzene rings is 2. The van der Waals surface area contributed by atoms with Gasteiger partial charge in [-0.25, -0.2) is 0 Å². The van der Waals surface area contributed by atoms with E-state index in [2.05, 4.69) is 43.4 Å². The van der Waals surface area contributed by atoms with Crippen molar-refractivity contribution in [3.8, 4) is 11.5 Å². The zero-order valence-corrected chi connectivity index (χ0v) is 16.2. The van der Waals surface area contributed by atoms with Crippen LogP contribution in [0.1, 0.15) is 42.9 Å². The number of rotatable bonds is 10. The Hall–Kier alpha value is -1.71. The number of hydrogen-bond acceptors (Lipinski definition) is 3. The molecule has 0 saturated carbocycles. The van der Waals surface area contributed by atoms with Crippen LogP contribution in [-0.2, 0) is 13.2 Å². The van der Waals surface area contributed by atoms with Crippen LogP contribution in [0.25, 0.3) is 0 Å². The predicted octanol–water partition coefficient (Wildman–Crippen LogP) is 5.52. The molecule has 0 aliphatic heterocycles. The van der Waals surface area contributed by atoms with E-state index in [0.717, 1.165) is 24.2 Å². The summed E-state index contributed by atoms with van der Waals surface area (Å²) in [6.45, 7) is 6.50. The molecule has 2 aromatic carbocycles. The van der Waals surface area contributed by atoms with Crippen LogP contribution in [-0.4, -0.2) is 13.7 Å². The molecule has 0 bridgehead atoms. The standard InChI is InChI=1S/C21H28ClNO2/c1-4-5-6-11-23-14-18-12-20(24-3)21(13-19(18)22)25-15-17-9-7-16(2)8-10-17/h7-10,12-13,23H,4-6,11,14-15H2,1-3H3. The maximum atomic E-state index is 6.43. The zero-order chi connectivity index (χ0) is 18.1. The number of halogens is 1. The minimum Gasteiger partial charge on any atom is -0.493 e. The fourth-order valence-corrected chi connectivity index (χ4v) is 2.77. The van der Waals surface area contributed by atoms with Gasteiger partial charge in [0.1, 0.15) is 6.61 Å². The molecule has 0 unspecified atom stereocenters. The second-order valence-electron chi connectivity index (χ2n) is 6.25. The van der Waals surface area contributed by atoms with Crippen molar-refractivity contribution in [2.24, 2.45) is 0 Å². The van der Waals surface area contributed by atoms with E-state index in [0.29, 0.717) is 23.1 Å². The van der Waals surface area contributed by atoms with E-state index in [4.69, 9.17) is 21.1 Å². The molecule has 0 heterocycles. The summed E-state index contributed by atoms with van der Waals surface area (Å²) >= 11 is 6.43. The van der Waals surface area contributed by atoms with Crippen molar-refractivity contribution >= 4 is 11.6 Å². The van der Waals surface area contributed by atoms with Crippen LogP contribution in [0.4, 0.5) is 0 Å². The second-order valence-corrected chi connectivity index (χ2v) is 6.66. The lowest BCUT2D eigenvalue weighted by Gasteiger charge is -2.14. The quantitative estimate of drug-likeness (QED) is 0.565. The highest BCUT2D eigenvalue weighted by atomic mass is 35.5. The van der Waals surface area contributed by atoms with Gasteiger partial charge in [0.2, 0.25) is 0 Å². The first-order valence-electron chi connectivity index (χ1n) is 8.89. The summed E-state index contributed by atoms with van der Waals surface area (Å²) in [5.41, 5.74) is 3.38. The van der Waals surface area contributed by atoms with Gasteiger partial charge >= 0.3 is 0 Å². The molecule has 1 N–H and O–H groups in total. The number of hydrogen-bond donors (Lipinski definition) is 1. The Kier molecular flexibility index (Phi) is 8.10. The van der Waals surface area contributed by atoms with E-state index < -0.39 is 0 Å². The minimum atomic E-state index is 0.488. The van der Waals surface area contributed by atoms with Crippen LogP contribution in [0.2, 0.25) is 5.02 Å². The van der Waals surface area contributed by atoms with Gasteiger partial charge in [0, 0.05) is 17.6 Å². The van der Waals surface area contributed by atoms with Crippen LogP contribution in [0.15, 0.2) is 36.4 Å².